The molecule has 1 aromatic rings. The highest BCUT2D eigenvalue weighted by Crippen LogP contribution is 2.11. The predicted octanol–water partition coefficient (Wildman–Crippen LogP) is 1.17. The topological polar surface area (TPSA) is 66.8 Å². The summed E-state index contributed by atoms with van der Waals surface area (Å²) in [7, 11) is 0. The van der Waals surface area contributed by atoms with Crippen LogP contribution in [0.2, 0.25) is 0 Å². The minimum atomic E-state index is -0.882. The smallest absolute Gasteiger partial charge is 0.307 e. The van der Waals surface area contributed by atoms with Crippen LogP contribution in [0.25, 0.3) is 0 Å². The van der Waals surface area contributed by atoms with E-state index in [1.165, 1.54) is 12.1 Å². The second kappa shape index (κ2) is 3.73. The molecule has 0 radical (unpaired) electrons. The third-order valence-corrected chi connectivity index (χ3v) is 1.38. The second-order valence-electron chi connectivity index (χ2n) is 2.31. The quantitative estimate of drug-likeness (QED) is 0.525. The van der Waals surface area contributed by atoms with Crippen molar-refractivity contribution in [2.24, 2.45) is 0 Å². The molecule has 0 heterocycles. The van der Waals surface area contributed by atoms with Gasteiger partial charge >= 0.3 is 5.97 Å². The summed E-state index contributed by atoms with van der Waals surface area (Å²) in [5, 5.41) is 16.6. The van der Waals surface area contributed by atoms with Gasteiger partial charge in [0.05, 0.1) is 6.42 Å². The molecule has 4 nitrogen and oxygen atoms in total. The Hall–Kier alpha value is -1.55. The van der Waals surface area contributed by atoms with Crippen LogP contribution in [-0.2, 0) is 11.2 Å². The summed E-state index contributed by atoms with van der Waals surface area (Å²) in [6.45, 7) is 0. The Morgan fingerprint density at radius 2 is 1.92 bits per heavy atom. The van der Waals surface area contributed by atoms with Gasteiger partial charge in [-0.05, 0) is 17.7 Å². The Morgan fingerprint density at radius 3 is 2.33 bits per heavy atom. The van der Waals surface area contributed by atoms with E-state index in [-0.39, 0.29) is 6.42 Å². The van der Waals surface area contributed by atoms with Crippen LogP contribution in [0, 0.1) is 0 Å². The lowest BCUT2D eigenvalue weighted by Crippen LogP contribution is -1.99. The number of hydrogen-bond donors (Lipinski definition) is 2. The fourth-order valence-corrected chi connectivity index (χ4v) is 0.843. The molecule has 0 spiro atoms. The van der Waals surface area contributed by atoms with E-state index in [1.54, 1.807) is 12.1 Å². The van der Waals surface area contributed by atoms with Gasteiger partial charge in [0.2, 0.25) is 0 Å². The number of hydrogen-bond acceptors (Lipinski definition) is 3. The molecule has 2 N–H and O–H groups in total. The maximum atomic E-state index is 10.2. The molecule has 64 valence electrons. The fourth-order valence-electron chi connectivity index (χ4n) is 0.843. The molecule has 0 fully saturated rings. The van der Waals surface area contributed by atoms with E-state index in [4.69, 9.17) is 10.4 Å². The van der Waals surface area contributed by atoms with Crippen LogP contribution in [0.1, 0.15) is 5.56 Å². The van der Waals surface area contributed by atoms with Crippen molar-refractivity contribution in [2.75, 3.05) is 0 Å². The molecule has 0 saturated carbocycles. The fraction of sp³-hybridized carbons (Fsp3) is 0.125. The molecule has 0 saturated heterocycles. The van der Waals surface area contributed by atoms with Crippen LogP contribution in [0.15, 0.2) is 24.3 Å². The Balaban J connectivity index is 2.71. The maximum absolute atomic E-state index is 10.2. The van der Waals surface area contributed by atoms with Crippen molar-refractivity contribution in [3.05, 3.63) is 29.8 Å². The lowest BCUT2D eigenvalue weighted by atomic mass is 10.1. The average molecular weight is 168 g/mol. The molecule has 0 aliphatic rings. The van der Waals surface area contributed by atoms with E-state index in [2.05, 4.69) is 4.89 Å². The molecule has 0 bridgehead atoms. The van der Waals surface area contributed by atoms with Gasteiger partial charge in [-0.15, -0.1) is 0 Å². The first kappa shape index (κ1) is 8.55. The summed E-state index contributed by atoms with van der Waals surface area (Å²) in [5.41, 5.74) is 0.670. The summed E-state index contributed by atoms with van der Waals surface area (Å²) < 4.78 is 0. The Bertz CT molecular complexity index is 265. The van der Waals surface area contributed by atoms with Gasteiger partial charge in [-0.25, -0.2) is 5.26 Å². The number of carboxylic acid groups (broad SMARTS) is 1. The lowest BCUT2D eigenvalue weighted by Gasteiger charge is -1.98. The van der Waals surface area contributed by atoms with Crippen molar-refractivity contribution in [3.8, 4) is 5.75 Å². The normalized spacial score (nSPS) is 9.42. The lowest BCUT2D eigenvalue weighted by molar-refractivity contribution is -0.137. The molecule has 0 amide bonds. The molecular weight excluding hydrogens is 160 g/mol. The highest BCUT2D eigenvalue weighted by molar-refractivity contribution is 5.70. The average Bonchev–Trinajstić information content (AvgIpc) is 2.05. The van der Waals surface area contributed by atoms with Crippen molar-refractivity contribution >= 4 is 5.97 Å². The van der Waals surface area contributed by atoms with Crippen LogP contribution >= 0.6 is 0 Å². The minimum absolute atomic E-state index is 0.0221. The summed E-state index contributed by atoms with van der Waals surface area (Å²) in [5.74, 6) is -0.586. The van der Waals surface area contributed by atoms with Gasteiger partial charge in [0.25, 0.3) is 0 Å². The van der Waals surface area contributed by atoms with Gasteiger partial charge in [0, 0.05) is 0 Å². The van der Waals surface area contributed by atoms with Crippen molar-refractivity contribution in [3.63, 3.8) is 0 Å². The van der Waals surface area contributed by atoms with Crippen molar-refractivity contribution in [2.45, 2.75) is 6.42 Å². The number of benzene rings is 1. The second-order valence-corrected chi connectivity index (χ2v) is 2.31. The highest BCUT2D eigenvalue weighted by Gasteiger charge is 1.99. The molecular formula is C8H8O4. The first-order valence-corrected chi connectivity index (χ1v) is 3.34. The van der Waals surface area contributed by atoms with Crippen LogP contribution in [-0.4, -0.2) is 16.3 Å². The van der Waals surface area contributed by atoms with Crippen molar-refractivity contribution < 1.29 is 20.0 Å². The molecule has 0 aliphatic carbocycles. The molecule has 1 aromatic carbocycles. The van der Waals surface area contributed by atoms with E-state index < -0.39 is 5.97 Å². The summed E-state index contributed by atoms with van der Waals surface area (Å²) in [6.07, 6.45) is -0.0221. The van der Waals surface area contributed by atoms with Gasteiger partial charge in [-0.1, -0.05) is 12.1 Å². The number of aliphatic carboxylic acids is 1. The van der Waals surface area contributed by atoms with Gasteiger partial charge in [-0.3, -0.25) is 4.79 Å². The SMILES string of the molecule is O=C(O)Cc1ccc(OO)cc1. The summed E-state index contributed by atoms with van der Waals surface area (Å²) in [6, 6.07) is 6.16. The zero-order valence-electron chi connectivity index (χ0n) is 6.23. The molecule has 12 heavy (non-hydrogen) atoms. The summed E-state index contributed by atoms with van der Waals surface area (Å²) in [4.78, 5) is 14.2. The van der Waals surface area contributed by atoms with Crippen LogP contribution in [0.5, 0.6) is 5.75 Å². The van der Waals surface area contributed by atoms with Crippen molar-refractivity contribution in [1.29, 1.82) is 0 Å². The molecule has 0 unspecified atom stereocenters. The molecule has 4 heteroatoms. The van der Waals surface area contributed by atoms with E-state index in [1.807, 2.05) is 0 Å². The van der Waals surface area contributed by atoms with Crippen LogP contribution < -0.4 is 4.89 Å². The van der Waals surface area contributed by atoms with E-state index in [0.717, 1.165) is 0 Å². The first-order chi connectivity index (χ1) is 5.72. The minimum Gasteiger partial charge on any atom is -0.481 e. The predicted molar refractivity (Wildman–Crippen MR) is 41.0 cm³/mol. The van der Waals surface area contributed by atoms with E-state index in [0.29, 0.717) is 11.3 Å². The standard InChI is InChI=1S/C8H8O4/c9-8(10)5-6-1-3-7(12-11)4-2-6/h1-4,11H,5H2,(H,9,10). The number of carboxylic acids is 1. The molecule has 0 atom stereocenters. The summed E-state index contributed by atoms with van der Waals surface area (Å²) >= 11 is 0. The maximum Gasteiger partial charge on any atom is 0.307 e. The van der Waals surface area contributed by atoms with Crippen LogP contribution in [0.4, 0.5) is 0 Å². The zero-order valence-corrected chi connectivity index (χ0v) is 6.23. The molecule has 0 aliphatic heterocycles. The van der Waals surface area contributed by atoms with Gasteiger partial charge in [-0.2, -0.15) is 0 Å². The van der Waals surface area contributed by atoms with Gasteiger partial charge in [0.1, 0.15) is 0 Å². The highest BCUT2D eigenvalue weighted by atomic mass is 17.1. The number of rotatable bonds is 3. The molecule has 1 rings (SSSR count). The third-order valence-electron chi connectivity index (χ3n) is 1.38. The molecule has 0 aromatic heterocycles. The third kappa shape index (κ3) is 2.25. The Labute approximate surface area is 69.0 Å². The Morgan fingerprint density at radius 1 is 1.33 bits per heavy atom. The van der Waals surface area contributed by atoms with Crippen LogP contribution in [0.3, 0.4) is 0 Å². The van der Waals surface area contributed by atoms with Crippen molar-refractivity contribution in [1.82, 2.24) is 0 Å². The van der Waals surface area contributed by atoms with Gasteiger partial charge < -0.3 is 9.99 Å². The van der Waals surface area contributed by atoms with E-state index in [9.17, 15) is 4.79 Å². The Kier molecular flexibility index (Phi) is 2.66. The first-order valence-electron chi connectivity index (χ1n) is 3.34. The zero-order chi connectivity index (χ0) is 8.97. The monoisotopic (exact) mass is 168 g/mol. The van der Waals surface area contributed by atoms with Gasteiger partial charge in [0.15, 0.2) is 5.75 Å². The van der Waals surface area contributed by atoms with E-state index >= 15 is 0 Å². The number of carbonyl (C=O) groups is 1. The largest absolute Gasteiger partial charge is 0.481 e.